The Kier molecular flexibility index (Phi) is 12.5. The summed E-state index contributed by atoms with van der Waals surface area (Å²) < 4.78 is 41.2. The standard InChI is InChI=1S/C33H40FNO11/c1-20(36)45-19-33(2,3)30(39)31(40)35-15-7-6-8-24(35)32(41)46-25(13-9-21-10-14-26(42-4)28(16-21)43-5)22-11-12-23(34)27(17-22)44-18-29(37)38/h10-12,14,16-17,24-25H,6-9,13,15,18-19H2,1-5H3,(H,37,38)/t24-,25+/m0/s1. The number of hydrogen-bond donors (Lipinski definition) is 1. The molecule has 0 saturated carbocycles. The zero-order chi connectivity index (χ0) is 34.0. The molecular weight excluding hydrogens is 605 g/mol. The number of ether oxygens (including phenoxy) is 5. The lowest BCUT2D eigenvalue weighted by atomic mass is 9.87. The number of hydrogen-bond acceptors (Lipinski definition) is 10. The minimum absolute atomic E-state index is 0.147. The predicted molar refractivity (Wildman–Crippen MR) is 161 cm³/mol. The van der Waals surface area contributed by atoms with Gasteiger partial charge in [0.25, 0.3) is 5.91 Å². The third-order valence-corrected chi connectivity index (χ3v) is 7.56. The van der Waals surface area contributed by atoms with Crippen LogP contribution in [-0.4, -0.2) is 79.6 Å². The molecule has 3 rings (SSSR count). The molecule has 0 unspecified atom stereocenters. The summed E-state index contributed by atoms with van der Waals surface area (Å²) in [6.45, 7) is 3.23. The Bertz CT molecular complexity index is 1440. The third kappa shape index (κ3) is 9.41. The molecule has 1 N–H and O–H groups in total. The van der Waals surface area contributed by atoms with E-state index in [0.29, 0.717) is 36.3 Å². The molecule has 250 valence electrons. The number of ketones is 1. The van der Waals surface area contributed by atoms with Gasteiger partial charge in [-0.05, 0) is 81.3 Å². The monoisotopic (exact) mass is 645 g/mol. The van der Waals surface area contributed by atoms with E-state index in [9.17, 15) is 28.4 Å². The second-order valence-electron chi connectivity index (χ2n) is 11.5. The first-order chi connectivity index (χ1) is 21.8. The van der Waals surface area contributed by atoms with Crippen LogP contribution in [0, 0.1) is 11.2 Å². The zero-order valence-corrected chi connectivity index (χ0v) is 26.6. The van der Waals surface area contributed by atoms with Gasteiger partial charge in [0.1, 0.15) is 18.8 Å². The van der Waals surface area contributed by atoms with Gasteiger partial charge in [0.15, 0.2) is 29.7 Å². The maximum atomic E-state index is 14.5. The number of benzene rings is 2. The van der Waals surface area contributed by atoms with Crippen molar-refractivity contribution in [2.24, 2.45) is 5.41 Å². The Balaban J connectivity index is 1.89. The Labute approximate surface area is 266 Å². The van der Waals surface area contributed by atoms with Crippen molar-refractivity contribution in [3.63, 3.8) is 0 Å². The Hall–Kier alpha value is -4.68. The number of esters is 2. The number of carboxylic acids is 1. The lowest BCUT2D eigenvalue weighted by molar-refractivity contribution is -0.165. The number of piperidine rings is 1. The third-order valence-electron chi connectivity index (χ3n) is 7.56. The maximum Gasteiger partial charge on any atom is 0.341 e. The van der Waals surface area contributed by atoms with Crippen LogP contribution in [0.5, 0.6) is 17.2 Å². The van der Waals surface area contributed by atoms with Crippen molar-refractivity contribution in [1.29, 1.82) is 0 Å². The molecule has 0 aromatic heterocycles. The number of halogens is 1. The number of rotatable bonds is 15. The fourth-order valence-electron chi connectivity index (χ4n) is 5.00. The molecular formula is C33H40FNO11. The lowest BCUT2D eigenvalue weighted by Crippen LogP contribution is -2.53. The van der Waals surface area contributed by atoms with Gasteiger partial charge in [-0.1, -0.05) is 12.1 Å². The van der Waals surface area contributed by atoms with E-state index < -0.39 is 59.6 Å². The van der Waals surface area contributed by atoms with Crippen LogP contribution in [0.1, 0.15) is 63.7 Å². The van der Waals surface area contributed by atoms with Crippen LogP contribution in [0.3, 0.4) is 0 Å². The Morgan fingerprint density at radius 3 is 2.37 bits per heavy atom. The summed E-state index contributed by atoms with van der Waals surface area (Å²) in [6, 6.07) is 8.02. The summed E-state index contributed by atoms with van der Waals surface area (Å²) in [4.78, 5) is 63.8. The quantitative estimate of drug-likeness (QED) is 0.220. The number of carbonyl (C=O) groups excluding carboxylic acids is 4. The molecule has 13 heteroatoms. The van der Waals surface area contributed by atoms with Crippen molar-refractivity contribution >= 4 is 29.6 Å². The van der Waals surface area contributed by atoms with Gasteiger partial charge >= 0.3 is 17.9 Å². The van der Waals surface area contributed by atoms with Gasteiger partial charge in [0.05, 0.1) is 19.6 Å². The molecule has 12 nitrogen and oxygen atoms in total. The van der Waals surface area contributed by atoms with E-state index in [4.69, 9.17) is 28.8 Å². The van der Waals surface area contributed by atoms with Crippen LogP contribution < -0.4 is 14.2 Å². The number of amides is 1. The van der Waals surface area contributed by atoms with E-state index in [1.165, 1.54) is 52.0 Å². The van der Waals surface area contributed by atoms with Gasteiger partial charge < -0.3 is 33.7 Å². The van der Waals surface area contributed by atoms with Crippen molar-refractivity contribution < 1.29 is 57.2 Å². The van der Waals surface area contributed by atoms with Gasteiger partial charge in [0.2, 0.25) is 5.78 Å². The average Bonchev–Trinajstić information content (AvgIpc) is 3.04. The summed E-state index contributed by atoms with van der Waals surface area (Å²) in [6.07, 6.45) is 1.04. The zero-order valence-electron chi connectivity index (χ0n) is 26.6. The van der Waals surface area contributed by atoms with Crippen LogP contribution in [0.4, 0.5) is 4.39 Å². The number of nitrogens with zero attached hydrogens (tertiary/aromatic N) is 1. The van der Waals surface area contributed by atoms with Crippen molar-refractivity contribution in [1.82, 2.24) is 4.90 Å². The van der Waals surface area contributed by atoms with Gasteiger partial charge in [-0.2, -0.15) is 0 Å². The first-order valence-electron chi connectivity index (χ1n) is 14.8. The molecule has 1 aliphatic heterocycles. The number of Topliss-reactive ketones (excluding diaryl/α,β-unsaturated/α-hetero) is 1. The summed E-state index contributed by atoms with van der Waals surface area (Å²) >= 11 is 0. The van der Waals surface area contributed by atoms with Crippen LogP contribution in [0.25, 0.3) is 0 Å². The topological polar surface area (TPSA) is 155 Å². The van der Waals surface area contributed by atoms with Crippen molar-refractivity contribution in [2.75, 3.05) is 34.0 Å². The molecule has 2 atom stereocenters. The second kappa shape index (κ2) is 16.1. The van der Waals surface area contributed by atoms with Crippen LogP contribution in [0.2, 0.25) is 0 Å². The summed E-state index contributed by atoms with van der Waals surface area (Å²) in [5, 5.41) is 9.00. The van der Waals surface area contributed by atoms with Gasteiger partial charge in [-0.3, -0.25) is 14.4 Å². The van der Waals surface area contributed by atoms with Crippen molar-refractivity contribution in [2.45, 2.75) is 65.0 Å². The number of carbonyl (C=O) groups is 5. The highest BCUT2D eigenvalue weighted by atomic mass is 19.1. The number of aryl methyl sites for hydroxylation is 1. The highest BCUT2D eigenvalue weighted by Crippen LogP contribution is 2.33. The first-order valence-corrected chi connectivity index (χ1v) is 14.8. The molecule has 0 spiro atoms. The van der Waals surface area contributed by atoms with Gasteiger partial charge in [-0.15, -0.1) is 0 Å². The molecule has 46 heavy (non-hydrogen) atoms. The van der Waals surface area contributed by atoms with Gasteiger partial charge in [-0.25, -0.2) is 14.0 Å². The van der Waals surface area contributed by atoms with Crippen molar-refractivity contribution in [3.05, 3.63) is 53.3 Å². The fourth-order valence-corrected chi connectivity index (χ4v) is 5.00. The molecule has 2 aromatic rings. The number of methoxy groups -OCH3 is 2. The number of carboxylic acid groups (broad SMARTS) is 1. The molecule has 1 saturated heterocycles. The molecule has 2 aromatic carbocycles. The molecule has 0 aliphatic carbocycles. The fraction of sp³-hybridized carbons (Fsp3) is 0.485. The summed E-state index contributed by atoms with van der Waals surface area (Å²) in [5.74, 6) is -4.44. The lowest BCUT2D eigenvalue weighted by Gasteiger charge is -2.36. The van der Waals surface area contributed by atoms with E-state index in [2.05, 4.69) is 0 Å². The largest absolute Gasteiger partial charge is 0.493 e. The number of aliphatic carboxylic acids is 1. The summed E-state index contributed by atoms with van der Waals surface area (Å²) in [5.41, 5.74) is -0.169. The predicted octanol–water partition coefficient (Wildman–Crippen LogP) is 4.06. The van der Waals surface area contributed by atoms with Gasteiger partial charge in [0, 0.05) is 13.5 Å². The second-order valence-corrected chi connectivity index (χ2v) is 11.5. The number of likely N-dealkylation sites (tertiary alicyclic amines) is 1. The maximum absolute atomic E-state index is 14.5. The Morgan fingerprint density at radius 2 is 1.72 bits per heavy atom. The van der Waals surface area contributed by atoms with Crippen LogP contribution >= 0.6 is 0 Å². The normalized spacial score (nSPS) is 15.3. The highest BCUT2D eigenvalue weighted by Gasteiger charge is 2.42. The molecule has 0 bridgehead atoms. The average molecular weight is 646 g/mol. The Morgan fingerprint density at radius 1 is 1.00 bits per heavy atom. The molecule has 1 heterocycles. The smallest absolute Gasteiger partial charge is 0.341 e. The molecule has 1 amide bonds. The van der Waals surface area contributed by atoms with E-state index >= 15 is 0 Å². The SMILES string of the molecule is COc1ccc(CC[C@@H](OC(=O)[C@@H]2CCCCN2C(=O)C(=O)C(C)(C)COC(C)=O)c2ccc(F)c(OCC(=O)O)c2)cc1OC. The van der Waals surface area contributed by atoms with Crippen LogP contribution in [-0.2, 0) is 39.9 Å². The minimum Gasteiger partial charge on any atom is -0.493 e. The highest BCUT2D eigenvalue weighted by molar-refractivity contribution is 6.38. The van der Waals surface area contributed by atoms with Crippen molar-refractivity contribution in [3.8, 4) is 17.2 Å². The molecule has 1 aliphatic rings. The molecule has 1 fully saturated rings. The van der Waals surface area contributed by atoms with E-state index in [-0.39, 0.29) is 31.7 Å². The molecule has 0 radical (unpaired) electrons. The van der Waals surface area contributed by atoms with Crippen LogP contribution in [0.15, 0.2) is 36.4 Å². The first kappa shape index (κ1) is 35.8. The summed E-state index contributed by atoms with van der Waals surface area (Å²) in [7, 11) is 3.02. The van der Waals surface area contributed by atoms with E-state index in [1.54, 1.807) is 12.1 Å². The minimum atomic E-state index is -1.32. The van der Waals surface area contributed by atoms with E-state index in [0.717, 1.165) is 11.6 Å². The van der Waals surface area contributed by atoms with E-state index in [1.807, 2.05) is 6.07 Å².